The van der Waals surface area contributed by atoms with E-state index in [0.717, 1.165) is 52.9 Å². The molecule has 1 saturated carbocycles. The van der Waals surface area contributed by atoms with Crippen molar-refractivity contribution in [3.05, 3.63) is 48.0 Å². The Bertz CT molecular complexity index is 1130. The number of nitrogens with one attached hydrogen (secondary N) is 1. The molecule has 2 aliphatic rings. The van der Waals surface area contributed by atoms with Crippen molar-refractivity contribution in [2.24, 2.45) is 5.92 Å². The van der Waals surface area contributed by atoms with Crippen molar-refractivity contribution in [1.29, 1.82) is 0 Å². The summed E-state index contributed by atoms with van der Waals surface area (Å²) in [6.07, 6.45) is 7.68. The number of likely N-dealkylation sites (tertiary alicyclic amines) is 1. The maximum atomic E-state index is 12.8. The summed E-state index contributed by atoms with van der Waals surface area (Å²) >= 11 is 1.68. The van der Waals surface area contributed by atoms with Gasteiger partial charge in [0.05, 0.1) is 16.8 Å². The minimum absolute atomic E-state index is 0. The van der Waals surface area contributed by atoms with E-state index in [2.05, 4.69) is 29.2 Å². The van der Waals surface area contributed by atoms with Crippen LogP contribution >= 0.6 is 23.7 Å². The molecular weight excluding hydrogens is 480 g/mol. The molecule has 3 aromatic rings. The summed E-state index contributed by atoms with van der Waals surface area (Å²) in [7, 11) is 4.30. The average molecular weight is 515 g/mol. The maximum Gasteiger partial charge on any atom is 0.255 e. The Morgan fingerprint density at radius 1 is 1.14 bits per heavy atom. The second-order valence-corrected chi connectivity index (χ2v) is 10.8. The zero-order valence-electron chi connectivity index (χ0n) is 20.5. The van der Waals surface area contributed by atoms with Gasteiger partial charge < -0.3 is 19.9 Å². The van der Waals surface area contributed by atoms with Gasteiger partial charge in [0.1, 0.15) is 5.75 Å². The van der Waals surface area contributed by atoms with E-state index in [9.17, 15) is 4.79 Å². The van der Waals surface area contributed by atoms with Crippen molar-refractivity contribution in [2.75, 3.05) is 44.0 Å². The van der Waals surface area contributed by atoms with E-state index in [1.807, 2.05) is 42.5 Å². The van der Waals surface area contributed by atoms with Gasteiger partial charge in [0.15, 0.2) is 5.13 Å². The molecule has 0 bridgehead atoms. The highest BCUT2D eigenvalue weighted by Gasteiger charge is 2.25. The SMILES string of the molecule is CN1CCC(N(C)c2nc3ccc(NC(=O)c4ccc(OCC5CCCCC5)cc4)cc3s2)C1.Cl. The largest absolute Gasteiger partial charge is 0.493 e. The van der Waals surface area contributed by atoms with Gasteiger partial charge in [-0.05, 0) is 81.2 Å². The fraction of sp³-hybridized carbons (Fsp3) is 0.481. The Hall–Kier alpha value is -2.35. The van der Waals surface area contributed by atoms with Gasteiger partial charge in [0.25, 0.3) is 5.91 Å². The van der Waals surface area contributed by atoms with Crippen LogP contribution < -0.4 is 15.0 Å². The van der Waals surface area contributed by atoms with Gasteiger partial charge in [-0.25, -0.2) is 4.98 Å². The number of hydrogen-bond acceptors (Lipinski definition) is 6. The smallest absolute Gasteiger partial charge is 0.255 e. The van der Waals surface area contributed by atoms with Crippen molar-refractivity contribution in [1.82, 2.24) is 9.88 Å². The predicted molar refractivity (Wildman–Crippen MR) is 148 cm³/mol. The highest BCUT2D eigenvalue weighted by molar-refractivity contribution is 7.22. The molecule has 2 fully saturated rings. The lowest BCUT2D eigenvalue weighted by molar-refractivity contribution is 0.102. The molecule has 1 aromatic heterocycles. The molecule has 1 unspecified atom stereocenters. The number of likely N-dealkylation sites (N-methyl/N-ethyl adjacent to an activating group) is 2. The number of amides is 1. The predicted octanol–water partition coefficient (Wildman–Crippen LogP) is 6.07. The molecular formula is C27H35ClN4O2S. The van der Waals surface area contributed by atoms with Gasteiger partial charge >= 0.3 is 0 Å². The average Bonchev–Trinajstić information content (AvgIpc) is 3.49. The van der Waals surface area contributed by atoms with Crippen LogP contribution in [-0.4, -0.2) is 55.6 Å². The van der Waals surface area contributed by atoms with E-state index in [4.69, 9.17) is 9.72 Å². The maximum absolute atomic E-state index is 12.8. The molecule has 2 aromatic carbocycles. The lowest BCUT2D eigenvalue weighted by Crippen LogP contribution is -2.33. The molecule has 6 nitrogen and oxygen atoms in total. The first-order chi connectivity index (χ1) is 16.5. The first-order valence-corrected chi connectivity index (χ1v) is 13.2. The minimum Gasteiger partial charge on any atom is -0.493 e. The molecule has 2 heterocycles. The summed E-state index contributed by atoms with van der Waals surface area (Å²) in [5.74, 6) is 1.38. The first-order valence-electron chi connectivity index (χ1n) is 12.4. The monoisotopic (exact) mass is 514 g/mol. The van der Waals surface area contributed by atoms with E-state index in [1.165, 1.54) is 32.1 Å². The van der Waals surface area contributed by atoms with Crippen LogP contribution in [0.5, 0.6) is 5.75 Å². The Morgan fingerprint density at radius 3 is 2.63 bits per heavy atom. The van der Waals surface area contributed by atoms with E-state index in [0.29, 0.717) is 17.5 Å². The molecule has 1 aliphatic carbocycles. The van der Waals surface area contributed by atoms with Crippen molar-refractivity contribution < 1.29 is 9.53 Å². The van der Waals surface area contributed by atoms with Crippen LogP contribution in [0.25, 0.3) is 10.2 Å². The highest BCUT2D eigenvalue weighted by atomic mass is 35.5. The number of halogens is 1. The van der Waals surface area contributed by atoms with E-state index in [-0.39, 0.29) is 18.3 Å². The summed E-state index contributed by atoms with van der Waals surface area (Å²) < 4.78 is 7.05. The van der Waals surface area contributed by atoms with E-state index in [1.54, 1.807) is 11.3 Å². The summed E-state index contributed by atoms with van der Waals surface area (Å²) in [5.41, 5.74) is 2.38. The number of fused-ring (bicyclic) bond motifs is 1. The number of benzene rings is 2. The number of nitrogens with zero attached hydrogens (tertiary/aromatic N) is 3. The highest BCUT2D eigenvalue weighted by Crippen LogP contribution is 2.32. The fourth-order valence-electron chi connectivity index (χ4n) is 5.00. The topological polar surface area (TPSA) is 57.7 Å². The Kier molecular flexibility index (Phi) is 8.52. The zero-order chi connectivity index (χ0) is 23.5. The van der Waals surface area contributed by atoms with Crippen LogP contribution in [0.1, 0.15) is 48.9 Å². The molecule has 1 amide bonds. The van der Waals surface area contributed by atoms with Gasteiger partial charge in [-0.3, -0.25) is 4.79 Å². The number of rotatable bonds is 7. The number of ether oxygens (including phenoxy) is 1. The second-order valence-electron chi connectivity index (χ2n) is 9.79. The number of anilines is 2. The van der Waals surface area contributed by atoms with Crippen molar-refractivity contribution in [3.8, 4) is 5.75 Å². The Labute approximate surface area is 218 Å². The molecule has 8 heteroatoms. The van der Waals surface area contributed by atoms with Crippen LogP contribution in [0.4, 0.5) is 10.8 Å². The molecule has 5 rings (SSSR count). The van der Waals surface area contributed by atoms with Gasteiger partial charge in [0, 0.05) is 30.9 Å². The van der Waals surface area contributed by atoms with E-state index >= 15 is 0 Å². The quantitative estimate of drug-likeness (QED) is 0.414. The molecule has 35 heavy (non-hydrogen) atoms. The van der Waals surface area contributed by atoms with E-state index < -0.39 is 0 Å². The fourth-order valence-corrected chi connectivity index (χ4v) is 6.04. The Morgan fingerprint density at radius 2 is 1.91 bits per heavy atom. The van der Waals surface area contributed by atoms with Gasteiger partial charge in [0.2, 0.25) is 0 Å². The summed E-state index contributed by atoms with van der Waals surface area (Å²) in [5, 5.41) is 4.06. The molecule has 0 spiro atoms. The first kappa shape index (κ1) is 25.7. The van der Waals surface area contributed by atoms with Crippen molar-refractivity contribution >= 4 is 50.7 Å². The third-order valence-electron chi connectivity index (χ3n) is 7.18. The number of carbonyl (C=O) groups excluding carboxylic acids is 1. The normalized spacial score (nSPS) is 18.9. The lowest BCUT2D eigenvalue weighted by atomic mass is 9.90. The molecule has 188 valence electrons. The molecule has 1 N–H and O–H groups in total. The summed E-state index contributed by atoms with van der Waals surface area (Å²) in [6, 6.07) is 13.9. The summed E-state index contributed by atoms with van der Waals surface area (Å²) in [6.45, 7) is 2.97. The number of thiazole rings is 1. The molecule has 0 radical (unpaired) electrons. The number of aromatic nitrogens is 1. The van der Waals surface area contributed by atoms with Gasteiger partial charge in [-0.1, -0.05) is 30.6 Å². The van der Waals surface area contributed by atoms with Gasteiger partial charge in [-0.15, -0.1) is 12.4 Å². The molecule has 1 aliphatic heterocycles. The third-order valence-corrected chi connectivity index (χ3v) is 8.29. The van der Waals surface area contributed by atoms with Crippen LogP contribution in [0.2, 0.25) is 0 Å². The molecule has 1 atom stereocenters. The minimum atomic E-state index is -0.117. The van der Waals surface area contributed by atoms with Gasteiger partial charge in [-0.2, -0.15) is 0 Å². The molecule has 1 saturated heterocycles. The standard InChI is InChI=1S/C27H34N4O2S.ClH/c1-30-15-14-22(17-30)31(2)27-29-24-13-10-21(16-25(24)34-27)28-26(32)20-8-11-23(12-9-20)33-18-19-6-4-3-5-7-19;/h8-13,16,19,22H,3-7,14-15,17-18H2,1-2H3,(H,28,32);1H. The zero-order valence-corrected chi connectivity index (χ0v) is 22.2. The van der Waals surface area contributed by atoms with Crippen LogP contribution in [0.15, 0.2) is 42.5 Å². The third kappa shape index (κ3) is 6.26. The van der Waals surface area contributed by atoms with Crippen LogP contribution in [0.3, 0.4) is 0 Å². The second kappa shape index (κ2) is 11.6. The van der Waals surface area contributed by atoms with Crippen LogP contribution in [-0.2, 0) is 0 Å². The lowest BCUT2D eigenvalue weighted by Gasteiger charge is -2.23. The number of carbonyl (C=O) groups is 1. The number of hydrogen-bond donors (Lipinski definition) is 1. The Balaban J connectivity index is 0.00000289. The summed E-state index contributed by atoms with van der Waals surface area (Å²) in [4.78, 5) is 22.3. The van der Waals surface area contributed by atoms with Crippen LogP contribution in [0, 0.1) is 5.92 Å². The van der Waals surface area contributed by atoms with Crippen molar-refractivity contribution in [3.63, 3.8) is 0 Å². The van der Waals surface area contributed by atoms with Crippen molar-refractivity contribution in [2.45, 2.75) is 44.6 Å².